The zero-order valence-electron chi connectivity index (χ0n) is 11.6. The Bertz CT molecular complexity index is 578. The molecular formula is C15H20BrNO. The van der Waals surface area contributed by atoms with E-state index in [4.69, 9.17) is 4.42 Å². The molecule has 1 aromatic carbocycles. The molecule has 2 aromatic rings. The summed E-state index contributed by atoms with van der Waals surface area (Å²) in [7, 11) is 0. The van der Waals surface area contributed by atoms with Gasteiger partial charge in [0.05, 0.1) is 6.54 Å². The fraction of sp³-hybridized carbons (Fsp3) is 0.467. The molecule has 98 valence electrons. The predicted octanol–water partition coefficient (Wildman–Crippen LogP) is 4.70. The Morgan fingerprint density at radius 2 is 1.89 bits per heavy atom. The molecule has 0 amide bonds. The van der Waals surface area contributed by atoms with Crippen LogP contribution in [0.1, 0.15) is 37.7 Å². The highest BCUT2D eigenvalue weighted by atomic mass is 79.9. The lowest BCUT2D eigenvalue weighted by molar-refractivity contribution is 0.394. The van der Waals surface area contributed by atoms with Crippen LogP contribution in [0.15, 0.2) is 21.0 Å². The van der Waals surface area contributed by atoms with E-state index in [1.165, 1.54) is 16.5 Å². The van der Waals surface area contributed by atoms with Gasteiger partial charge < -0.3 is 9.73 Å². The third-order valence-electron chi connectivity index (χ3n) is 3.10. The van der Waals surface area contributed by atoms with Crippen molar-refractivity contribution in [1.29, 1.82) is 0 Å². The van der Waals surface area contributed by atoms with Crippen LogP contribution >= 0.6 is 15.9 Å². The Balaban J connectivity index is 2.45. The van der Waals surface area contributed by atoms with Gasteiger partial charge in [0.1, 0.15) is 11.3 Å². The molecular weight excluding hydrogens is 290 g/mol. The summed E-state index contributed by atoms with van der Waals surface area (Å²) in [6.45, 7) is 11.4. The quantitative estimate of drug-likeness (QED) is 0.869. The molecule has 0 spiro atoms. The minimum atomic E-state index is 0.0949. The van der Waals surface area contributed by atoms with Gasteiger partial charge in [0.15, 0.2) is 0 Å². The highest BCUT2D eigenvalue weighted by Gasteiger charge is 2.16. The van der Waals surface area contributed by atoms with Crippen LogP contribution in [0, 0.1) is 13.8 Å². The number of aryl methyl sites for hydroxylation is 2. The molecule has 1 N–H and O–H groups in total. The summed E-state index contributed by atoms with van der Waals surface area (Å²) < 4.78 is 7.12. The monoisotopic (exact) mass is 309 g/mol. The van der Waals surface area contributed by atoms with E-state index in [0.29, 0.717) is 0 Å². The van der Waals surface area contributed by atoms with Crippen LogP contribution in [0.25, 0.3) is 11.0 Å². The topological polar surface area (TPSA) is 25.2 Å². The zero-order chi connectivity index (χ0) is 13.5. The van der Waals surface area contributed by atoms with Crippen molar-refractivity contribution in [1.82, 2.24) is 5.32 Å². The second-order valence-electron chi connectivity index (χ2n) is 5.82. The van der Waals surface area contributed by atoms with Gasteiger partial charge in [-0.25, -0.2) is 0 Å². The average Bonchev–Trinajstić information content (AvgIpc) is 2.59. The molecule has 3 heteroatoms. The smallest absolute Gasteiger partial charge is 0.138 e. The van der Waals surface area contributed by atoms with Crippen molar-refractivity contribution < 1.29 is 4.42 Å². The zero-order valence-corrected chi connectivity index (χ0v) is 13.2. The molecule has 0 aliphatic carbocycles. The molecule has 0 atom stereocenters. The molecule has 0 radical (unpaired) electrons. The van der Waals surface area contributed by atoms with E-state index in [1.807, 2.05) is 0 Å². The normalized spacial score (nSPS) is 12.3. The first kappa shape index (κ1) is 13.6. The molecule has 18 heavy (non-hydrogen) atoms. The van der Waals surface area contributed by atoms with E-state index in [-0.39, 0.29) is 5.54 Å². The van der Waals surface area contributed by atoms with Crippen LogP contribution in [-0.4, -0.2) is 5.54 Å². The highest BCUT2D eigenvalue weighted by Crippen LogP contribution is 2.33. The van der Waals surface area contributed by atoms with Gasteiger partial charge >= 0.3 is 0 Å². The number of hydrogen-bond donors (Lipinski definition) is 1. The van der Waals surface area contributed by atoms with Crippen LogP contribution in [0.5, 0.6) is 0 Å². The van der Waals surface area contributed by atoms with Crippen molar-refractivity contribution in [2.45, 2.75) is 46.7 Å². The predicted molar refractivity (Wildman–Crippen MR) is 80.0 cm³/mol. The third-order valence-corrected chi connectivity index (χ3v) is 3.76. The van der Waals surface area contributed by atoms with Crippen molar-refractivity contribution in [3.8, 4) is 0 Å². The summed E-state index contributed by atoms with van der Waals surface area (Å²) in [5.74, 6) is 1.02. The van der Waals surface area contributed by atoms with Crippen molar-refractivity contribution in [3.05, 3.63) is 33.5 Å². The number of hydrogen-bond acceptors (Lipinski definition) is 2. The fourth-order valence-electron chi connectivity index (χ4n) is 2.00. The lowest BCUT2D eigenvalue weighted by Crippen LogP contribution is -2.35. The van der Waals surface area contributed by atoms with Crippen LogP contribution in [0.3, 0.4) is 0 Å². The molecule has 0 fully saturated rings. The van der Waals surface area contributed by atoms with Crippen molar-refractivity contribution in [2.24, 2.45) is 0 Å². The molecule has 0 saturated carbocycles. The standard InChI is InChI=1S/C15H20BrNO/c1-9-6-7-11(16)13-10(2)12(18-14(9)13)8-17-15(3,4)5/h6-7,17H,8H2,1-5H3. The molecule has 0 bridgehead atoms. The maximum atomic E-state index is 6.01. The molecule has 1 aromatic heterocycles. The molecule has 1 heterocycles. The second-order valence-corrected chi connectivity index (χ2v) is 6.68. The van der Waals surface area contributed by atoms with Gasteiger partial charge in [-0.1, -0.05) is 22.0 Å². The fourth-order valence-corrected chi connectivity index (χ4v) is 2.61. The summed E-state index contributed by atoms with van der Waals surface area (Å²) >= 11 is 3.61. The van der Waals surface area contributed by atoms with Crippen LogP contribution < -0.4 is 5.32 Å². The van der Waals surface area contributed by atoms with Gasteiger partial charge in [0, 0.05) is 21.0 Å². The van der Waals surface area contributed by atoms with Crippen LogP contribution in [-0.2, 0) is 6.54 Å². The first-order chi connectivity index (χ1) is 8.29. The summed E-state index contributed by atoms with van der Waals surface area (Å²) in [5.41, 5.74) is 3.49. The summed E-state index contributed by atoms with van der Waals surface area (Å²) in [4.78, 5) is 0. The van der Waals surface area contributed by atoms with Gasteiger partial charge in [-0.15, -0.1) is 0 Å². The molecule has 0 unspecified atom stereocenters. The number of fused-ring (bicyclic) bond motifs is 1. The lowest BCUT2D eigenvalue weighted by Gasteiger charge is -2.19. The van der Waals surface area contributed by atoms with Crippen LogP contribution in [0.2, 0.25) is 0 Å². The Morgan fingerprint density at radius 1 is 1.22 bits per heavy atom. The average molecular weight is 310 g/mol. The molecule has 0 saturated heterocycles. The van der Waals surface area contributed by atoms with Crippen molar-refractivity contribution in [3.63, 3.8) is 0 Å². The Kier molecular flexibility index (Phi) is 3.56. The van der Waals surface area contributed by atoms with Gasteiger partial charge in [0.25, 0.3) is 0 Å². The summed E-state index contributed by atoms with van der Waals surface area (Å²) in [6, 6.07) is 4.16. The van der Waals surface area contributed by atoms with E-state index < -0.39 is 0 Å². The molecule has 2 nitrogen and oxygen atoms in total. The van der Waals surface area contributed by atoms with E-state index in [1.54, 1.807) is 0 Å². The SMILES string of the molecule is Cc1ccc(Br)c2c(C)c(CNC(C)(C)C)oc12. The van der Waals surface area contributed by atoms with Crippen molar-refractivity contribution >= 4 is 26.9 Å². The Hall–Kier alpha value is -0.800. The summed E-state index contributed by atoms with van der Waals surface area (Å²) in [6.07, 6.45) is 0. The largest absolute Gasteiger partial charge is 0.459 e. The maximum Gasteiger partial charge on any atom is 0.138 e. The van der Waals surface area contributed by atoms with E-state index in [2.05, 4.69) is 68.0 Å². The first-order valence-electron chi connectivity index (χ1n) is 6.22. The molecule has 0 aliphatic rings. The Morgan fingerprint density at radius 3 is 2.44 bits per heavy atom. The van der Waals surface area contributed by atoms with Gasteiger partial charge in [-0.2, -0.15) is 0 Å². The summed E-state index contributed by atoms with van der Waals surface area (Å²) in [5, 5.41) is 4.66. The number of rotatable bonds is 2. The number of benzene rings is 1. The van der Waals surface area contributed by atoms with E-state index in [0.717, 1.165) is 22.4 Å². The van der Waals surface area contributed by atoms with E-state index in [9.17, 15) is 0 Å². The van der Waals surface area contributed by atoms with Crippen molar-refractivity contribution in [2.75, 3.05) is 0 Å². The van der Waals surface area contributed by atoms with Gasteiger partial charge in [0.2, 0.25) is 0 Å². The number of halogens is 1. The second kappa shape index (κ2) is 4.71. The minimum absolute atomic E-state index is 0.0949. The number of furan rings is 1. The lowest BCUT2D eigenvalue weighted by atomic mass is 10.1. The van der Waals surface area contributed by atoms with E-state index >= 15 is 0 Å². The molecule has 2 rings (SSSR count). The van der Waals surface area contributed by atoms with Gasteiger partial charge in [-0.3, -0.25) is 0 Å². The minimum Gasteiger partial charge on any atom is -0.459 e. The van der Waals surface area contributed by atoms with Gasteiger partial charge in [-0.05, 0) is 46.2 Å². The first-order valence-corrected chi connectivity index (χ1v) is 7.01. The number of nitrogens with one attached hydrogen (secondary N) is 1. The third kappa shape index (κ3) is 2.62. The highest BCUT2D eigenvalue weighted by molar-refractivity contribution is 9.10. The molecule has 0 aliphatic heterocycles. The Labute approximate surface area is 117 Å². The maximum absolute atomic E-state index is 6.01. The van der Waals surface area contributed by atoms with Crippen LogP contribution in [0.4, 0.5) is 0 Å².